The first kappa shape index (κ1) is 17.3. The van der Waals surface area contributed by atoms with Gasteiger partial charge in [0.15, 0.2) is 0 Å². The van der Waals surface area contributed by atoms with Gasteiger partial charge in [-0.1, -0.05) is 30.3 Å². The Morgan fingerprint density at radius 3 is 2.62 bits per heavy atom. The quantitative estimate of drug-likeness (QED) is 0.659. The van der Waals surface area contributed by atoms with Crippen LogP contribution in [0.1, 0.15) is 25.0 Å². The SMILES string of the molecule is Cc1cccc(NC(=O)/C(C#N)=C/c2ccccc2OC(C)C)c1. The topological polar surface area (TPSA) is 62.1 Å². The number of nitrogens with zero attached hydrogens (tertiary/aromatic N) is 1. The Morgan fingerprint density at radius 1 is 1.21 bits per heavy atom. The molecular weight excluding hydrogens is 300 g/mol. The molecule has 2 aromatic carbocycles. The molecule has 1 amide bonds. The molecule has 0 aliphatic heterocycles. The molecule has 0 unspecified atom stereocenters. The maximum absolute atomic E-state index is 12.4. The zero-order chi connectivity index (χ0) is 17.5. The van der Waals surface area contributed by atoms with Crippen molar-refractivity contribution in [2.75, 3.05) is 5.32 Å². The van der Waals surface area contributed by atoms with E-state index in [4.69, 9.17) is 4.74 Å². The number of anilines is 1. The average Bonchev–Trinajstić information content (AvgIpc) is 2.53. The van der Waals surface area contributed by atoms with Gasteiger partial charge in [-0.3, -0.25) is 4.79 Å². The highest BCUT2D eigenvalue weighted by Crippen LogP contribution is 2.22. The zero-order valence-corrected chi connectivity index (χ0v) is 14.0. The highest BCUT2D eigenvalue weighted by Gasteiger charge is 2.11. The lowest BCUT2D eigenvalue weighted by Crippen LogP contribution is -2.13. The summed E-state index contributed by atoms with van der Waals surface area (Å²) in [6.07, 6.45) is 1.55. The molecule has 0 aliphatic carbocycles. The summed E-state index contributed by atoms with van der Waals surface area (Å²) in [5.74, 6) is 0.200. The molecule has 2 aromatic rings. The van der Waals surface area contributed by atoms with Gasteiger partial charge in [0, 0.05) is 11.3 Å². The Morgan fingerprint density at radius 2 is 1.96 bits per heavy atom. The van der Waals surface area contributed by atoms with Gasteiger partial charge in [-0.2, -0.15) is 5.26 Å². The van der Waals surface area contributed by atoms with Crippen LogP contribution in [0.4, 0.5) is 5.69 Å². The maximum Gasteiger partial charge on any atom is 0.266 e. The molecule has 0 radical (unpaired) electrons. The van der Waals surface area contributed by atoms with Crippen molar-refractivity contribution in [1.29, 1.82) is 5.26 Å². The lowest BCUT2D eigenvalue weighted by atomic mass is 10.1. The minimum absolute atomic E-state index is 0.00575. The Labute approximate surface area is 142 Å². The second kappa shape index (κ2) is 7.98. The second-order valence-electron chi connectivity index (χ2n) is 5.70. The van der Waals surface area contributed by atoms with Gasteiger partial charge in [-0.25, -0.2) is 0 Å². The van der Waals surface area contributed by atoms with Crippen molar-refractivity contribution in [2.45, 2.75) is 26.9 Å². The number of benzene rings is 2. The number of aryl methyl sites for hydroxylation is 1. The molecule has 1 N–H and O–H groups in total. The normalized spacial score (nSPS) is 11.0. The number of carbonyl (C=O) groups is 1. The standard InChI is InChI=1S/C20H20N2O2/c1-14(2)24-19-10-5-4-8-16(19)12-17(13-21)20(23)22-18-9-6-7-15(3)11-18/h4-12,14H,1-3H3,(H,22,23)/b17-12+. The number of ether oxygens (including phenoxy) is 1. The minimum atomic E-state index is -0.442. The van der Waals surface area contributed by atoms with Crippen molar-refractivity contribution in [2.24, 2.45) is 0 Å². The van der Waals surface area contributed by atoms with E-state index in [1.807, 2.05) is 69.3 Å². The molecule has 0 heterocycles. The monoisotopic (exact) mass is 320 g/mol. The van der Waals surface area contributed by atoms with Gasteiger partial charge >= 0.3 is 0 Å². The van der Waals surface area contributed by atoms with E-state index < -0.39 is 5.91 Å². The van der Waals surface area contributed by atoms with Crippen molar-refractivity contribution in [1.82, 2.24) is 0 Å². The van der Waals surface area contributed by atoms with Crippen molar-refractivity contribution < 1.29 is 9.53 Å². The van der Waals surface area contributed by atoms with Gasteiger partial charge < -0.3 is 10.1 Å². The summed E-state index contributed by atoms with van der Waals surface area (Å²) >= 11 is 0. The van der Waals surface area contributed by atoms with Crippen LogP contribution in [0.5, 0.6) is 5.75 Å². The minimum Gasteiger partial charge on any atom is -0.490 e. The van der Waals surface area contributed by atoms with Gasteiger partial charge in [0.1, 0.15) is 17.4 Å². The summed E-state index contributed by atoms with van der Waals surface area (Å²) in [5, 5.41) is 12.1. The van der Waals surface area contributed by atoms with Crippen LogP contribution in [0.15, 0.2) is 54.1 Å². The van der Waals surface area contributed by atoms with E-state index in [0.29, 0.717) is 17.0 Å². The number of para-hydroxylation sites is 1. The van der Waals surface area contributed by atoms with E-state index >= 15 is 0 Å². The van der Waals surface area contributed by atoms with Crippen molar-refractivity contribution in [3.05, 3.63) is 65.2 Å². The summed E-state index contributed by atoms with van der Waals surface area (Å²) in [6.45, 7) is 5.79. The predicted molar refractivity (Wildman–Crippen MR) is 95.6 cm³/mol. The van der Waals surface area contributed by atoms with Gasteiger partial charge in [-0.15, -0.1) is 0 Å². The van der Waals surface area contributed by atoms with E-state index in [1.54, 1.807) is 12.1 Å². The van der Waals surface area contributed by atoms with Crippen LogP contribution in [0.3, 0.4) is 0 Å². The summed E-state index contributed by atoms with van der Waals surface area (Å²) in [4.78, 5) is 12.4. The van der Waals surface area contributed by atoms with Crippen LogP contribution < -0.4 is 10.1 Å². The van der Waals surface area contributed by atoms with Crippen LogP contribution in [0.2, 0.25) is 0 Å². The molecule has 4 nitrogen and oxygen atoms in total. The molecule has 0 aromatic heterocycles. The van der Waals surface area contributed by atoms with Crippen LogP contribution in [-0.4, -0.2) is 12.0 Å². The highest BCUT2D eigenvalue weighted by molar-refractivity contribution is 6.09. The summed E-state index contributed by atoms with van der Waals surface area (Å²) in [5.41, 5.74) is 2.41. The average molecular weight is 320 g/mol. The van der Waals surface area contributed by atoms with E-state index in [2.05, 4.69) is 5.32 Å². The van der Waals surface area contributed by atoms with Crippen LogP contribution in [0.25, 0.3) is 6.08 Å². The molecular formula is C20H20N2O2. The summed E-state index contributed by atoms with van der Waals surface area (Å²) in [7, 11) is 0. The summed E-state index contributed by atoms with van der Waals surface area (Å²) < 4.78 is 5.72. The third kappa shape index (κ3) is 4.72. The fourth-order valence-corrected chi connectivity index (χ4v) is 2.19. The van der Waals surface area contributed by atoms with E-state index in [-0.39, 0.29) is 11.7 Å². The fraction of sp³-hybridized carbons (Fsp3) is 0.200. The molecule has 0 bridgehead atoms. The number of rotatable bonds is 5. The number of amides is 1. The number of nitrogens with one attached hydrogen (secondary N) is 1. The Hall–Kier alpha value is -3.06. The highest BCUT2D eigenvalue weighted by atomic mass is 16.5. The molecule has 24 heavy (non-hydrogen) atoms. The summed E-state index contributed by atoms with van der Waals surface area (Å²) in [6, 6.07) is 16.7. The Balaban J connectivity index is 2.26. The van der Waals surface area contributed by atoms with Gasteiger partial charge in [0.25, 0.3) is 5.91 Å². The lowest BCUT2D eigenvalue weighted by Gasteiger charge is -2.12. The number of hydrogen-bond donors (Lipinski definition) is 1. The molecule has 0 fully saturated rings. The molecule has 122 valence electrons. The van der Waals surface area contributed by atoms with E-state index in [0.717, 1.165) is 5.56 Å². The van der Waals surface area contributed by atoms with Crippen molar-refractivity contribution >= 4 is 17.7 Å². The van der Waals surface area contributed by atoms with Gasteiger partial charge in [0.2, 0.25) is 0 Å². The number of carbonyl (C=O) groups excluding carboxylic acids is 1. The molecule has 4 heteroatoms. The van der Waals surface area contributed by atoms with Gasteiger partial charge in [-0.05, 0) is 50.6 Å². The van der Waals surface area contributed by atoms with Crippen LogP contribution in [0, 0.1) is 18.3 Å². The molecule has 0 saturated heterocycles. The third-order valence-electron chi connectivity index (χ3n) is 3.22. The first-order valence-corrected chi connectivity index (χ1v) is 7.75. The molecule has 0 aliphatic rings. The lowest BCUT2D eigenvalue weighted by molar-refractivity contribution is -0.112. The fourth-order valence-electron chi connectivity index (χ4n) is 2.19. The van der Waals surface area contributed by atoms with Crippen molar-refractivity contribution in [3.63, 3.8) is 0 Å². The molecule has 0 atom stereocenters. The van der Waals surface area contributed by atoms with Crippen LogP contribution >= 0.6 is 0 Å². The third-order valence-corrected chi connectivity index (χ3v) is 3.22. The zero-order valence-electron chi connectivity index (χ0n) is 14.0. The first-order chi connectivity index (χ1) is 11.5. The smallest absolute Gasteiger partial charge is 0.266 e. The van der Waals surface area contributed by atoms with E-state index in [9.17, 15) is 10.1 Å². The molecule has 0 saturated carbocycles. The van der Waals surface area contributed by atoms with Gasteiger partial charge in [0.05, 0.1) is 6.10 Å². The number of hydrogen-bond acceptors (Lipinski definition) is 3. The van der Waals surface area contributed by atoms with Crippen LogP contribution in [-0.2, 0) is 4.79 Å². The molecule has 2 rings (SSSR count). The number of nitriles is 1. The first-order valence-electron chi connectivity index (χ1n) is 7.75. The predicted octanol–water partition coefficient (Wildman–Crippen LogP) is 4.33. The van der Waals surface area contributed by atoms with E-state index in [1.165, 1.54) is 0 Å². The second-order valence-corrected chi connectivity index (χ2v) is 5.70. The largest absolute Gasteiger partial charge is 0.490 e. The Kier molecular flexibility index (Phi) is 5.75. The van der Waals surface area contributed by atoms with Crippen molar-refractivity contribution in [3.8, 4) is 11.8 Å². The maximum atomic E-state index is 12.4. The Bertz CT molecular complexity index is 801. The molecule has 0 spiro atoms.